The molecule has 0 radical (unpaired) electrons. The van der Waals surface area contributed by atoms with Gasteiger partial charge in [-0.25, -0.2) is 0 Å². The number of rotatable bonds is 1. The first-order chi connectivity index (χ1) is 8.09. The molecule has 2 nitrogen and oxygen atoms in total. The Morgan fingerprint density at radius 3 is 2.41 bits per heavy atom. The topological polar surface area (TPSA) is 20.3 Å². The summed E-state index contributed by atoms with van der Waals surface area (Å²) in [6, 6.07) is 4.17. The number of hydrogen-bond donors (Lipinski definition) is 0. The zero-order valence-electron chi connectivity index (χ0n) is 10.4. The molecule has 1 amide bonds. The second kappa shape index (κ2) is 5.21. The maximum atomic E-state index is 12.1. The van der Waals surface area contributed by atoms with Crippen LogP contribution in [0.25, 0.3) is 0 Å². The van der Waals surface area contributed by atoms with Gasteiger partial charge in [-0.1, -0.05) is 22.4 Å². The molecule has 1 aliphatic heterocycles. The summed E-state index contributed by atoms with van der Waals surface area (Å²) in [6.07, 6.45) is 4.00. The van der Waals surface area contributed by atoms with E-state index in [4.69, 9.17) is 0 Å². The molecule has 1 aliphatic rings. The van der Waals surface area contributed by atoms with E-state index in [1.54, 1.807) is 0 Å². The van der Waals surface area contributed by atoms with Gasteiger partial charge in [0.05, 0.1) is 0 Å². The number of benzene rings is 1. The average Bonchev–Trinajstić information content (AvgIpc) is 2.43. The predicted octanol–water partition coefficient (Wildman–Crippen LogP) is 3.97. The second-order valence-corrected chi connectivity index (χ2v) is 5.66. The quantitative estimate of drug-likeness (QED) is 0.768. The van der Waals surface area contributed by atoms with Crippen molar-refractivity contribution in [1.29, 1.82) is 0 Å². The van der Waals surface area contributed by atoms with Crippen molar-refractivity contribution in [3.63, 3.8) is 0 Å². The van der Waals surface area contributed by atoms with Gasteiger partial charge in [-0.3, -0.25) is 4.79 Å². The third kappa shape index (κ3) is 2.71. The van der Waals surface area contributed by atoms with E-state index in [1.807, 2.05) is 4.90 Å². The summed E-state index contributed by atoms with van der Waals surface area (Å²) in [7, 11) is 0. The van der Waals surface area contributed by atoms with Gasteiger partial charge in [0, 0.05) is 23.1 Å². The molecule has 0 aromatic heterocycles. The molecule has 17 heavy (non-hydrogen) atoms. The van der Waals surface area contributed by atoms with E-state index < -0.39 is 0 Å². The lowest BCUT2D eigenvalue weighted by Crippen LogP contribution is -2.31. The number of carbonyl (C=O) groups excluding carboxylic acids is 1. The lowest BCUT2D eigenvalue weighted by atomic mass is 10.1. The molecule has 0 atom stereocenters. The monoisotopic (exact) mass is 295 g/mol. The SMILES string of the molecule is Cc1cc(Br)cc(C)c1N1CCCCCC1=O. The number of halogens is 1. The van der Waals surface area contributed by atoms with Crippen LogP contribution in [0.3, 0.4) is 0 Å². The molecule has 1 fully saturated rings. The second-order valence-electron chi connectivity index (χ2n) is 4.74. The smallest absolute Gasteiger partial charge is 0.226 e. The van der Waals surface area contributed by atoms with Crippen LogP contribution in [0.15, 0.2) is 16.6 Å². The Morgan fingerprint density at radius 1 is 1.12 bits per heavy atom. The first kappa shape index (κ1) is 12.6. The van der Waals surface area contributed by atoms with Crippen molar-refractivity contribution in [2.75, 3.05) is 11.4 Å². The van der Waals surface area contributed by atoms with Crippen molar-refractivity contribution < 1.29 is 4.79 Å². The molecular formula is C14H18BrNO. The van der Waals surface area contributed by atoms with E-state index >= 15 is 0 Å². The zero-order chi connectivity index (χ0) is 12.4. The van der Waals surface area contributed by atoms with Gasteiger partial charge in [0.15, 0.2) is 0 Å². The van der Waals surface area contributed by atoms with E-state index in [1.165, 1.54) is 11.1 Å². The van der Waals surface area contributed by atoms with E-state index in [0.717, 1.165) is 36.0 Å². The number of nitrogens with zero attached hydrogens (tertiary/aromatic N) is 1. The number of hydrogen-bond acceptors (Lipinski definition) is 1. The van der Waals surface area contributed by atoms with Crippen molar-refractivity contribution in [2.24, 2.45) is 0 Å². The maximum absolute atomic E-state index is 12.1. The van der Waals surface area contributed by atoms with Crippen LogP contribution < -0.4 is 4.90 Å². The summed E-state index contributed by atoms with van der Waals surface area (Å²) in [6.45, 7) is 5.01. The highest BCUT2D eigenvalue weighted by molar-refractivity contribution is 9.10. The minimum atomic E-state index is 0.274. The van der Waals surface area contributed by atoms with E-state index in [9.17, 15) is 4.79 Å². The van der Waals surface area contributed by atoms with Crippen LogP contribution >= 0.6 is 15.9 Å². The Balaban J connectivity index is 2.41. The van der Waals surface area contributed by atoms with Gasteiger partial charge in [-0.15, -0.1) is 0 Å². The molecule has 1 heterocycles. The molecule has 2 rings (SSSR count). The van der Waals surface area contributed by atoms with Gasteiger partial charge in [0.2, 0.25) is 5.91 Å². The molecule has 0 N–H and O–H groups in total. The van der Waals surface area contributed by atoms with Crippen LogP contribution in [0.2, 0.25) is 0 Å². The van der Waals surface area contributed by atoms with E-state index in [0.29, 0.717) is 6.42 Å². The molecule has 1 aromatic carbocycles. The molecule has 0 spiro atoms. The molecule has 92 valence electrons. The highest BCUT2D eigenvalue weighted by Crippen LogP contribution is 2.30. The minimum absolute atomic E-state index is 0.274. The lowest BCUT2D eigenvalue weighted by molar-refractivity contribution is -0.118. The molecule has 1 aromatic rings. The number of anilines is 1. The summed E-state index contributed by atoms with van der Waals surface area (Å²) < 4.78 is 1.08. The van der Waals surface area contributed by atoms with E-state index in [-0.39, 0.29) is 5.91 Å². The van der Waals surface area contributed by atoms with Gasteiger partial charge in [0.25, 0.3) is 0 Å². The van der Waals surface area contributed by atoms with Crippen LogP contribution in [0, 0.1) is 13.8 Å². The molecule has 0 unspecified atom stereocenters. The molecule has 0 saturated carbocycles. The number of carbonyl (C=O) groups is 1. The Labute approximate surface area is 111 Å². The standard InChI is InChI=1S/C14H18BrNO/c1-10-8-12(15)9-11(2)14(10)16-7-5-3-4-6-13(16)17/h8-9H,3-7H2,1-2H3. The Hall–Kier alpha value is -0.830. The van der Waals surface area contributed by atoms with Gasteiger partial charge in [-0.2, -0.15) is 0 Å². The first-order valence-corrected chi connectivity index (χ1v) is 6.96. The fourth-order valence-corrected chi connectivity index (χ4v) is 3.23. The fraction of sp³-hybridized carbons (Fsp3) is 0.500. The average molecular weight is 296 g/mol. The normalized spacial score (nSPS) is 17.1. The summed E-state index contributed by atoms with van der Waals surface area (Å²) in [5.74, 6) is 0.274. The van der Waals surface area contributed by atoms with Crippen LogP contribution in [0.5, 0.6) is 0 Å². The van der Waals surface area contributed by atoms with E-state index in [2.05, 4.69) is 41.9 Å². The van der Waals surface area contributed by atoms with Crippen molar-refractivity contribution in [3.05, 3.63) is 27.7 Å². The Bertz CT molecular complexity index is 419. The van der Waals surface area contributed by atoms with Gasteiger partial charge in [-0.05, 0) is 49.9 Å². The molecule has 1 saturated heterocycles. The fourth-order valence-electron chi connectivity index (χ4n) is 2.55. The highest BCUT2D eigenvalue weighted by atomic mass is 79.9. The summed E-state index contributed by atoms with van der Waals surface area (Å²) >= 11 is 3.50. The summed E-state index contributed by atoms with van der Waals surface area (Å²) in [5.41, 5.74) is 3.46. The number of amides is 1. The third-order valence-corrected chi connectivity index (χ3v) is 3.76. The lowest BCUT2D eigenvalue weighted by Gasteiger charge is -2.25. The highest BCUT2D eigenvalue weighted by Gasteiger charge is 2.21. The molecule has 3 heteroatoms. The van der Waals surface area contributed by atoms with Crippen molar-refractivity contribution in [3.8, 4) is 0 Å². The predicted molar refractivity (Wildman–Crippen MR) is 74.4 cm³/mol. The summed E-state index contributed by atoms with van der Waals surface area (Å²) in [4.78, 5) is 14.1. The zero-order valence-corrected chi connectivity index (χ0v) is 12.0. The van der Waals surface area contributed by atoms with Gasteiger partial charge in [0.1, 0.15) is 0 Å². The van der Waals surface area contributed by atoms with Gasteiger partial charge < -0.3 is 4.90 Å². The maximum Gasteiger partial charge on any atom is 0.226 e. The molecule has 0 aliphatic carbocycles. The number of aryl methyl sites for hydroxylation is 2. The largest absolute Gasteiger partial charge is 0.312 e. The minimum Gasteiger partial charge on any atom is -0.312 e. The van der Waals surface area contributed by atoms with Crippen molar-refractivity contribution >= 4 is 27.5 Å². The van der Waals surface area contributed by atoms with Crippen LogP contribution in [0.1, 0.15) is 36.8 Å². The van der Waals surface area contributed by atoms with Crippen molar-refractivity contribution in [1.82, 2.24) is 0 Å². The van der Waals surface area contributed by atoms with Crippen LogP contribution in [-0.4, -0.2) is 12.5 Å². The molecule has 0 bridgehead atoms. The van der Waals surface area contributed by atoms with Crippen LogP contribution in [0.4, 0.5) is 5.69 Å². The van der Waals surface area contributed by atoms with Crippen molar-refractivity contribution in [2.45, 2.75) is 39.5 Å². The Kier molecular flexibility index (Phi) is 3.87. The van der Waals surface area contributed by atoms with Crippen LogP contribution in [-0.2, 0) is 4.79 Å². The Morgan fingerprint density at radius 2 is 1.76 bits per heavy atom. The first-order valence-electron chi connectivity index (χ1n) is 6.16. The third-order valence-electron chi connectivity index (χ3n) is 3.30. The summed E-state index contributed by atoms with van der Waals surface area (Å²) in [5, 5.41) is 0. The van der Waals surface area contributed by atoms with Gasteiger partial charge >= 0.3 is 0 Å². The molecular weight excluding hydrogens is 278 g/mol.